The first kappa shape index (κ1) is 24.9. The van der Waals surface area contributed by atoms with E-state index in [1.54, 1.807) is 0 Å². The second kappa shape index (κ2) is 12.5. The number of pyridine rings is 1. The Hall–Kier alpha value is -2.69. The number of hydrogen-bond acceptors (Lipinski definition) is 3. The number of hydrogen-bond donors (Lipinski definition) is 0. The van der Waals surface area contributed by atoms with Gasteiger partial charge in [0.25, 0.3) is 5.91 Å². The van der Waals surface area contributed by atoms with Gasteiger partial charge in [0, 0.05) is 24.8 Å². The molecule has 0 aliphatic carbocycles. The zero-order chi connectivity index (χ0) is 23.6. The molecule has 0 bridgehead atoms. The van der Waals surface area contributed by atoms with E-state index in [9.17, 15) is 4.79 Å². The molecule has 0 saturated heterocycles. The molecule has 1 amide bonds. The van der Waals surface area contributed by atoms with Gasteiger partial charge in [-0.25, -0.2) is 9.97 Å². The van der Waals surface area contributed by atoms with E-state index < -0.39 is 0 Å². The van der Waals surface area contributed by atoms with Crippen molar-refractivity contribution in [3.05, 3.63) is 59.5 Å². The summed E-state index contributed by atoms with van der Waals surface area (Å²) in [4.78, 5) is 24.9. The molecule has 1 aromatic carbocycles. The van der Waals surface area contributed by atoms with Gasteiger partial charge in [-0.1, -0.05) is 59.1 Å². The van der Waals surface area contributed by atoms with Crippen LogP contribution >= 0.6 is 0 Å². The van der Waals surface area contributed by atoms with Crippen LogP contribution in [0.25, 0.3) is 11.2 Å². The molecule has 3 aromatic rings. The molecular weight excluding hydrogens is 408 g/mol. The van der Waals surface area contributed by atoms with Crippen molar-refractivity contribution in [2.24, 2.45) is 5.92 Å². The van der Waals surface area contributed by atoms with Gasteiger partial charge in [0.2, 0.25) is 0 Å². The van der Waals surface area contributed by atoms with Gasteiger partial charge in [-0.05, 0) is 61.4 Å². The average Bonchev–Trinajstić information content (AvgIpc) is 3.16. The summed E-state index contributed by atoms with van der Waals surface area (Å²) in [7, 11) is 0. The number of carbonyl (C=O) groups excluding carboxylic acids is 1. The zero-order valence-corrected chi connectivity index (χ0v) is 20.9. The van der Waals surface area contributed by atoms with Crippen molar-refractivity contribution in [2.75, 3.05) is 6.54 Å². The molecule has 0 aliphatic rings. The van der Waals surface area contributed by atoms with Crippen LogP contribution in [0.2, 0.25) is 0 Å². The van der Waals surface area contributed by atoms with Gasteiger partial charge in [0.15, 0.2) is 5.65 Å². The quantitative estimate of drug-likeness (QED) is 0.275. The third-order valence-corrected chi connectivity index (χ3v) is 6.15. The molecule has 2 aromatic heterocycles. The number of imidazole rings is 1. The van der Waals surface area contributed by atoms with Crippen LogP contribution in [0.15, 0.2) is 42.6 Å². The Bertz CT molecular complexity index is 1010. The third-order valence-electron chi connectivity index (χ3n) is 6.15. The average molecular weight is 449 g/mol. The predicted octanol–water partition coefficient (Wildman–Crippen LogP) is 6.65. The van der Waals surface area contributed by atoms with E-state index in [-0.39, 0.29) is 5.91 Å². The van der Waals surface area contributed by atoms with Crippen molar-refractivity contribution in [2.45, 2.75) is 85.7 Å². The lowest BCUT2D eigenvalue weighted by molar-refractivity contribution is 0.0729. The summed E-state index contributed by atoms with van der Waals surface area (Å²) in [6.07, 6.45) is 9.88. The number of rotatable bonds is 13. The molecule has 0 fully saturated rings. The molecule has 5 heteroatoms. The summed E-state index contributed by atoms with van der Waals surface area (Å²) < 4.78 is 2.17. The Balaban J connectivity index is 1.79. The fourth-order valence-electron chi connectivity index (χ4n) is 4.17. The van der Waals surface area contributed by atoms with Gasteiger partial charge in [-0.3, -0.25) is 4.79 Å². The van der Waals surface area contributed by atoms with Gasteiger partial charge >= 0.3 is 0 Å². The fourth-order valence-corrected chi connectivity index (χ4v) is 4.17. The molecule has 2 heterocycles. The van der Waals surface area contributed by atoms with Crippen LogP contribution in [0.1, 0.15) is 88.0 Å². The van der Waals surface area contributed by atoms with Crippen LogP contribution in [0.5, 0.6) is 0 Å². The lowest BCUT2D eigenvalue weighted by Crippen LogP contribution is -2.33. The lowest BCUT2D eigenvalue weighted by Gasteiger charge is -2.24. The molecule has 5 nitrogen and oxygen atoms in total. The Kier molecular flexibility index (Phi) is 9.47. The maximum Gasteiger partial charge on any atom is 0.254 e. The van der Waals surface area contributed by atoms with Crippen molar-refractivity contribution in [1.29, 1.82) is 0 Å². The Labute approximate surface area is 199 Å². The highest BCUT2D eigenvalue weighted by atomic mass is 16.2. The number of carbonyl (C=O) groups is 1. The van der Waals surface area contributed by atoms with Crippen LogP contribution in [0.4, 0.5) is 0 Å². The van der Waals surface area contributed by atoms with Gasteiger partial charge < -0.3 is 9.47 Å². The number of nitrogens with zero attached hydrogens (tertiary/aromatic N) is 4. The van der Waals surface area contributed by atoms with Gasteiger partial charge in [0.05, 0.1) is 6.54 Å². The summed E-state index contributed by atoms with van der Waals surface area (Å²) in [5.74, 6) is 1.52. The first-order valence-electron chi connectivity index (χ1n) is 12.7. The minimum atomic E-state index is 0.0799. The van der Waals surface area contributed by atoms with Crippen LogP contribution in [0, 0.1) is 5.92 Å². The standard InChI is InChI=1S/C28H40N4O/c1-5-7-8-9-11-23-13-15-24(16-14-23)28(33)31(20-17-22(3)4)21-26-30-25-12-10-18-29-27(25)32(26)19-6-2/h10,12-16,18,22H,5-9,11,17,19-21H2,1-4H3. The SMILES string of the molecule is CCCCCCc1ccc(C(=O)N(CCC(C)C)Cc2nc3cccnc3n2CCC)cc1. The van der Waals surface area contributed by atoms with E-state index in [1.807, 2.05) is 35.4 Å². The van der Waals surface area contributed by atoms with Crippen LogP contribution < -0.4 is 0 Å². The molecule has 0 unspecified atom stereocenters. The van der Waals surface area contributed by atoms with Crippen LogP contribution in [-0.2, 0) is 19.5 Å². The largest absolute Gasteiger partial charge is 0.331 e. The Morgan fingerprint density at radius 2 is 1.82 bits per heavy atom. The molecular formula is C28H40N4O. The molecule has 0 spiro atoms. The monoisotopic (exact) mass is 448 g/mol. The maximum atomic E-state index is 13.5. The maximum absolute atomic E-state index is 13.5. The van der Waals surface area contributed by atoms with Crippen LogP contribution in [-0.4, -0.2) is 31.9 Å². The first-order valence-corrected chi connectivity index (χ1v) is 12.7. The van der Waals surface area contributed by atoms with E-state index >= 15 is 0 Å². The van der Waals surface area contributed by atoms with Gasteiger partial charge in [-0.15, -0.1) is 0 Å². The predicted molar refractivity (Wildman–Crippen MR) is 136 cm³/mol. The summed E-state index contributed by atoms with van der Waals surface area (Å²) in [6, 6.07) is 12.2. The van der Waals surface area contributed by atoms with Crippen molar-refractivity contribution < 1.29 is 4.79 Å². The molecule has 33 heavy (non-hydrogen) atoms. The van der Waals surface area contributed by atoms with E-state index in [1.165, 1.54) is 31.2 Å². The molecule has 0 saturated carbocycles. The van der Waals surface area contributed by atoms with Crippen molar-refractivity contribution in [3.63, 3.8) is 0 Å². The molecule has 0 atom stereocenters. The molecule has 0 radical (unpaired) electrons. The Morgan fingerprint density at radius 3 is 2.52 bits per heavy atom. The molecule has 0 aliphatic heterocycles. The molecule has 178 valence electrons. The zero-order valence-electron chi connectivity index (χ0n) is 20.9. The van der Waals surface area contributed by atoms with Gasteiger partial charge in [-0.2, -0.15) is 0 Å². The highest BCUT2D eigenvalue weighted by Gasteiger charge is 2.20. The summed E-state index contributed by atoms with van der Waals surface area (Å²) in [5.41, 5.74) is 3.86. The highest BCUT2D eigenvalue weighted by molar-refractivity contribution is 5.94. The van der Waals surface area contributed by atoms with Crippen molar-refractivity contribution in [1.82, 2.24) is 19.4 Å². The summed E-state index contributed by atoms with van der Waals surface area (Å²) in [6.45, 7) is 10.9. The molecule has 3 rings (SSSR count). The van der Waals surface area contributed by atoms with Gasteiger partial charge in [0.1, 0.15) is 11.3 Å². The second-order valence-electron chi connectivity index (χ2n) is 9.44. The van der Waals surface area contributed by atoms with E-state index in [0.29, 0.717) is 12.5 Å². The van der Waals surface area contributed by atoms with E-state index in [0.717, 1.165) is 54.9 Å². The minimum Gasteiger partial charge on any atom is -0.331 e. The number of aryl methyl sites for hydroxylation is 2. The third kappa shape index (κ3) is 6.89. The number of benzene rings is 1. The minimum absolute atomic E-state index is 0.0799. The fraction of sp³-hybridized carbons (Fsp3) is 0.536. The first-order chi connectivity index (χ1) is 16.0. The lowest BCUT2D eigenvalue weighted by atomic mass is 10.0. The highest BCUT2D eigenvalue weighted by Crippen LogP contribution is 2.19. The number of unbranched alkanes of at least 4 members (excludes halogenated alkanes) is 3. The summed E-state index contributed by atoms with van der Waals surface area (Å²) in [5, 5.41) is 0. The van der Waals surface area contributed by atoms with E-state index in [4.69, 9.17) is 4.98 Å². The Morgan fingerprint density at radius 1 is 1.03 bits per heavy atom. The van der Waals surface area contributed by atoms with Crippen molar-refractivity contribution in [3.8, 4) is 0 Å². The smallest absolute Gasteiger partial charge is 0.254 e. The summed E-state index contributed by atoms with van der Waals surface area (Å²) >= 11 is 0. The normalized spacial score (nSPS) is 11.4. The topological polar surface area (TPSA) is 51.0 Å². The number of aromatic nitrogens is 3. The number of amides is 1. The van der Waals surface area contributed by atoms with Crippen LogP contribution in [0.3, 0.4) is 0 Å². The van der Waals surface area contributed by atoms with Crippen molar-refractivity contribution >= 4 is 17.1 Å². The molecule has 0 N–H and O–H groups in total. The number of fused-ring (bicyclic) bond motifs is 1. The second-order valence-corrected chi connectivity index (χ2v) is 9.44. The van der Waals surface area contributed by atoms with E-state index in [2.05, 4.69) is 49.4 Å².